The molecular formula is C22H21N3O2. The molecule has 4 rings (SSSR count). The van der Waals surface area contributed by atoms with Crippen LogP contribution in [-0.2, 0) is 4.79 Å². The van der Waals surface area contributed by atoms with Gasteiger partial charge >= 0.3 is 0 Å². The van der Waals surface area contributed by atoms with Crippen LogP contribution in [0.25, 0.3) is 17.1 Å². The van der Waals surface area contributed by atoms with Gasteiger partial charge in [0, 0.05) is 12.6 Å². The van der Waals surface area contributed by atoms with E-state index in [-0.39, 0.29) is 11.9 Å². The van der Waals surface area contributed by atoms with E-state index in [1.165, 1.54) is 0 Å². The third kappa shape index (κ3) is 3.67. The summed E-state index contributed by atoms with van der Waals surface area (Å²) in [4.78, 5) is 23.6. The first-order valence-electron chi connectivity index (χ1n) is 9.09. The lowest BCUT2D eigenvalue weighted by molar-refractivity contribution is -0.126. The molecule has 0 saturated carbocycles. The number of rotatable bonds is 4. The van der Waals surface area contributed by atoms with E-state index in [0.717, 1.165) is 41.7 Å². The molecule has 1 atom stereocenters. The molecule has 5 heteroatoms. The summed E-state index contributed by atoms with van der Waals surface area (Å²) in [7, 11) is 1.66. The molecule has 0 aliphatic carbocycles. The molecule has 2 aromatic carbocycles. The van der Waals surface area contributed by atoms with Gasteiger partial charge in [-0.1, -0.05) is 24.3 Å². The highest BCUT2D eigenvalue weighted by molar-refractivity contribution is 5.92. The van der Waals surface area contributed by atoms with Gasteiger partial charge in [0.15, 0.2) is 0 Å². The molecule has 1 saturated heterocycles. The maximum Gasteiger partial charge on any atom is 0.247 e. The third-order valence-corrected chi connectivity index (χ3v) is 4.88. The highest BCUT2D eigenvalue weighted by Gasteiger charge is 2.28. The SMILES string of the molecule is COc1cccc(C2CCCN2C(=O)/C=C/c2cnc3ccccc3n2)c1. The van der Waals surface area contributed by atoms with Crippen LogP contribution in [0.3, 0.4) is 0 Å². The van der Waals surface area contributed by atoms with Crippen molar-refractivity contribution in [1.29, 1.82) is 0 Å². The Balaban J connectivity index is 1.52. The van der Waals surface area contributed by atoms with Crippen molar-refractivity contribution in [2.75, 3.05) is 13.7 Å². The minimum atomic E-state index is -0.00437. The fraction of sp³-hybridized carbons (Fsp3) is 0.227. The lowest BCUT2D eigenvalue weighted by atomic mass is 10.0. The molecule has 0 radical (unpaired) electrons. The first-order valence-corrected chi connectivity index (χ1v) is 9.09. The zero-order valence-electron chi connectivity index (χ0n) is 15.2. The van der Waals surface area contributed by atoms with E-state index >= 15 is 0 Å². The Kier molecular flexibility index (Phi) is 4.83. The van der Waals surface area contributed by atoms with Gasteiger partial charge in [-0.3, -0.25) is 9.78 Å². The van der Waals surface area contributed by atoms with E-state index in [1.807, 2.05) is 47.4 Å². The van der Waals surface area contributed by atoms with Crippen LogP contribution in [0.4, 0.5) is 0 Å². The molecule has 1 aliphatic rings. The summed E-state index contributed by atoms with van der Waals surface area (Å²) in [6.45, 7) is 0.758. The minimum absolute atomic E-state index is 0.00437. The van der Waals surface area contributed by atoms with Crippen LogP contribution in [0.15, 0.2) is 60.8 Å². The molecule has 27 heavy (non-hydrogen) atoms. The molecule has 1 aromatic heterocycles. The zero-order valence-corrected chi connectivity index (χ0v) is 15.2. The van der Waals surface area contributed by atoms with Crippen LogP contribution in [-0.4, -0.2) is 34.4 Å². The molecule has 3 aromatic rings. The third-order valence-electron chi connectivity index (χ3n) is 4.88. The van der Waals surface area contributed by atoms with E-state index in [1.54, 1.807) is 25.5 Å². The largest absolute Gasteiger partial charge is 0.497 e. The first-order chi connectivity index (χ1) is 13.2. The molecule has 0 N–H and O–H groups in total. The smallest absolute Gasteiger partial charge is 0.247 e. The topological polar surface area (TPSA) is 55.3 Å². The summed E-state index contributed by atoms with van der Waals surface area (Å²) < 4.78 is 5.32. The van der Waals surface area contributed by atoms with Crippen LogP contribution < -0.4 is 4.74 Å². The quantitative estimate of drug-likeness (QED) is 0.660. The monoisotopic (exact) mass is 359 g/mol. The summed E-state index contributed by atoms with van der Waals surface area (Å²) in [6, 6.07) is 15.7. The van der Waals surface area contributed by atoms with Gasteiger partial charge in [-0.15, -0.1) is 0 Å². The van der Waals surface area contributed by atoms with Crippen LogP contribution in [0.2, 0.25) is 0 Å². The van der Waals surface area contributed by atoms with E-state index in [2.05, 4.69) is 16.0 Å². The molecule has 1 amide bonds. The fourth-order valence-corrected chi connectivity index (χ4v) is 3.53. The van der Waals surface area contributed by atoms with Gasteiger partial charge in [0.1, 0.15) is 5.75 Å². The first kappa shape index (κ1) is 17.2. The van der Waals surface area contributed by atoms with Crippen molar-refractivity contribution >= 4 is 23.0 Å². The highest BCUT2D eigenvalue weighted by atomic mass is 16.5. The van der Waals surface area contributed by atoms with Gasteiger partial charge in [0.05, 0.1) is 36.1 Å². The number of aromatic nitrogens is 2. The Morgan fingerprint density at radius 3 is 2.89 bits per heavy atom. The highest BCUT2D eigenvalue weighted by Crippen LogP contribution is 2.33. The molecule has 1 aliphatic heterocycles. The van der Waals surface area contributed by atoms with Crippen LogP contribution in [0.5, 0.6) is 5.75 Å². The summed E-state index contributed by atoms with van der Waals surface area (Å²) in [5.74, 6) is 0.809. The lowest BCUT2D eigenvalue weighted by Crippen LogP contribution is -2.28. The van der Waals surface area contributed by atoms with Gasteiger partial charge in [0.2, 0.25) is 5.91 Å². The van der Waals surface area contributed by atoms with E-state index in [9.17, 15) is 4.79 Å². The average Bonchev–Trinajstić information content (AvgIpc) is 3.22. The number of hydrogen-bond acceptors (Lipinski definition) is 4. The standard InChI is InChI=1S/C22H21N3O2/c1-27-18-7-4-6-16(14-18)21-10-5-13-25(21)22(26)12-11-17-15-23-19-8-2-3-9-20(19)24-17/h2-4,6-9,11-12,14-15,21H,5,10,13H2,1H3/b12-11+. The zero-order chi connectivity index (χ0) is 18.6. The van der Waals surface area contributed by atoms with Crippen molar-refractivity contribution < 1.29 is 9.53 Å². The predicted octanol–water partition coefficient (Wildman–Crippen LogP) is 4.02. The van der Waals surface area contributed by atoms with E-state index < -0.39 is 0 Å². The lowest BCUT2D eigenvalue weighted by Gasteiger charge is -2.24. The number of amides is 1. The number of para-hydroxylation sites is 2. The summed E-state index contributed by atoms with van der Waals surface area (Å²) in [6.07, 6.45) is 6.98. The number of methoxy groups -OCH3 is 1. The molecule has 0 spiro atoms. The molecule has 5 nitrogen and oxygen atoms in total. The van der Waals surface area contributed by atoms with E-state index in [4.69, 9.17) is 4.74 Å². The Morgan fingerprint density at radius 2 is 2.04 bits per heavy atom. The number of carbonyl (C=O) groups is 1. The summed E-state index contributed by atoms with van der Waals surface area (Å²) in [5.41, 5.74) is 3.46. The van der Waals surface area contributed by atoms with Crippen molar-refractivity contribution in [2.24, 2.45) is 0 Å². The Hall–Kier alpha value is -3.21. The van der Waals surface area contributed by atoms with Crippen LogP contribution >= 0.6 is 0 Å². The van der Waals surface area contributed by atoms with Gasteiger partial charge in [-0.05, 0) is 48.7 Å². The second-order valence-electron chi connectivity index (χ2n) is 6.58. The Morgan fingerprint density at radius 1 is 1.19 bits per heavy atom. The van der Waals surface area contributed by atoms with Crippen molar-refractivity contribution in [3.8, 4) is 5.75 Å². The number of nitrogens with zero attached hydrogens (tertiary/aromatic N) is 3. The number of ether oxygens (including phenoxy) is 1. The van der Waals surface area contributed by atoms with Crippen LogP contribution in [0.1, 0.15) is 30.1 Å². The van der Waals surface area contributed by atoms with Gasteiger partial charge < -0.3 is 9.64 Å². The van der Waals surface area contributed by atoms with Crippen molar-refractivity contribution in [1.82, 2.24) is 14.9 Å². The molecule has 2 heterocycles. The molecule has 136 valence electrons. The summed E-state index contributed by atoms with van der Waals surface area (Å²) in [5, 5.41) is 0. The number of hydrogen-bond donors (Lipinski definition) is 0. The molecule has 1 fully saturated rings. The minimum Gasteiger partial charge on any atom is -0.497 e. The maximum absolute atomic E-state index is 12.8. The summed E-state index contributed by atoms with van der Waals surface area (Å²) >= 11 is 0. The van der Waals surface area contributed by atoms with Gasteiger partial charge in [0.25, 0.3) is 0 Å². The number of likely N-dealkylation sites (tertiary alicyclic amines) is 1. The number of benzene rings is 2. The molecular weight excluding hydrogens is 338 g/mol. The Labute approximate surface area is 158 Å². The Bertz CT molecular complexity index is 1000. The second kappa shape index (κ2) is 7.58. The number of fused-ring (bicyclic) bond motifs is 1. The van der Waals surface area contributed by atoms with Crippen LogP contribution in [0, 0.1) is 0 Å². The predicted molar refractivity (Wildman–Crippen MR) is 105 cm³/mol. The fourth-order valence-electron chi connectivity index (χ4n) is 3.53. The maximum atomic E-state index is 12.8. The second-order valence-corrected chi connectivity index (χ2v) is 6.58. The molecule has 1 unspecified atom stereocenters. The normalized spacial score (nSPS) is 16.9. The van der Waals surface area contributed by atoms with E-state index in [0.29, 0.717) is 5.69 Å². The average molecular weight is 359 g/mol. The molecule has 0 bridgehead atoms. The number of carbonyl (C=O) groups excluding carboxylic acids is 1. The van der Waals surface area contributed by atoms with Gasteiger partial charge in [-0.25, -0.2) is 4.98 Å². The van der Waals surface area contributed by atoms with Crippen molar-refractivity contribution in [3.63, 3.8) is 0 Å². The van der Waals surface area contributed by atoms with Gasteiger partial charge in [-0.2, -0.15) is 0 Å². The van der Waals surface area contributed by atoms with Crippen molar-refractivity contribution in [3.05, 3.63) is 72.1 Å². The van der Waals surface area contributed by atoms with Crippen molar-refractivity contribution in [2.45, 2.75) is 18.9 Å².